The molecule has 0 saturated carbocycles. The molecule has 0 atom stereocenters. The van der Waals surface area contributed by atoms with E-state index >= 15 is 0 Å². The Labute approximate surface area is 81.1 Å². The zero-order valence-corrected chi connectivity index (χ0v) is 7.82. The lowest BCUT2D eigenvalue weighted by Crippen LogP contribution is -1.75. The molecule has 2 heterocycles. The Kier molecular flexibility index (Phi) is 2.00. The summed E-state index contributed by atoms with van der Waals surface area (Å²) in [6.45, 7) is 0. The fraction of sp³-hybridized carbons (Fsp3) is 0. The summed E-state index contributed by atoms with van der Waals surface area (Å²) in [6.07, 6.45) is 1.52. The predicted octanol–water partition coefficient (Wildman–Crippen LogP) is 2.50. The molecule has 0 aliphatic carbocycles. The van der Waals surface area contributed by atoms with Gasteiger partial charge in [-0.15, -0.1) is 0 Å². The highest BCUT2D eigenvalue weighted by Crippen LogP contribution is 2.26. The van der Waals surface area contributed by atoms with E-state index in [1.807, 2.05) is 0 Å². The van der Waals surface area contributed by atoms with Gasteiger partial charge in [0.05, 0.1) is 6.20 Å². The van der Waals surface area contributed by atoms with Crippen molar-refractivity contribution >= 4 is 34.5 Å². The van der Waals surface area contributed by atoms with Gasteiger partial charge in [0, 0.05) is 0 Å². The minimum absolute atomic E-state index is 0.00341. The molecule has 0 fully saturated rings. The Balaban J connectivity index is 2.43. The number of aromatic nitrogens is 3. The van der Waals surface area contributed by atoms with Gasteiger partial charge in [-0.2, -0.15) is 4.98 Å². The Morgan fingerprint density at radius 1 is 1.42 bits per heavy atom. The molecule has 2 aromatic heterocycles. The van der Waals surface area contributed by atoms with Crippen LogP contribution in [0.4, 0.5) is 0 Å². The second-order valence-corrected chi connectivity index (χ2v) is 3.83. The number of halogens is 2. The van der Waals surface area contributed by atoms with Crippen LogP contribution in [0.5, 0.6) is 0 Å². The zero-order valence-electron chi connectivity index (χ0n) is 5.49. The first-order chi connectivity index (χ1) is 5.75. The number of rotatable bonds is 1. The molecular formula is C5HCl2N3OS. The first kappa shape index (κ1) is 7.97. The molecule has 0 unspecified atom stereocenters. The van der Waals surface area contributed by atoms with Crippen molar-refractivity contribution < 1.29 is 4.52 Å². The average molecular weight is 222 g/mol. The second kappa shape index (κ2) is 3.01. The lowest BCUT2D eigenvalue weighted by atomic mass is 10.7. The van der Waals surface area contributed by atoms with Crippen molar-refractivity contribution in [3.8, 4) is 10.8 Å². The number of hydrogen-bond acceptors (Lipinski definition) is 5. The van der Waals surface area contributed by atoms with Gasteiger partial charge in [0.2, 0.25) is 5.82 Å². The summed E-state index contributed by atoms with van der Waals surface area (Å²) in [5.74, 6) is 0.358. The van der Waals surface area contributed by atoms with Gasteiger partial charge >= 0.3 is 5.35 Å². The van der Waals surface area contributed by atoms with Crippen LogP contribution in [0.15, 0.2) is 10.7 Å². The highest BCUT2D eigenvalue weighted by Gasteiger charge is 2.10. The quantitative estimate of drug-likeness (QED) is 0.743. The van der Waals surface area contributed by atoms with Crippen LogP contribution in [-0.2, 0) is 0 Å². The molecule has 62 valence electrons. The summed E-state index contributed by atoms with van der Waals surface area (Å²) in [7, 11) is 0. The largest absolute Gasteiger partial charge is 0.321 e. The fourth-order valence-corrected chi connectivity index (χ4v) is 1.60. The van der Waals surface area contributed by atoms with Crippen molar-refractivity contribution in [1.82, 2.24) is 15.1 Å². The van der Waals surface area contributed by atoms with E-state index in [0.29, 0.717) is 15.2 Å². The molecule has 0 aliphatic rings. The SMILES string of the molecule is Clc1nc(-c2ncc(Cl)s2)no1. The van der Waals surface area contributed by atoms with Gasteiger partial charge in [0.15, 0.2) is 5.01 Å². The van der Waals surface area contributed by atoms with Gasteiger partial charge < -0.3 is 4.52 Å². The van der Waals surface area contributed by atoms with Gasteiger partial charge in [0.1, 0.15) is 4.34 Å². The Hall–Kier alpha value is -0.650. The van der Waals surface area contributed by atoms with Crippen molar-refractivity contribution in [2.75, 3.05) is 0 Å². The van der Waals surface area contributed by atoms with Gasteiger partial charge in [-0.25, -0.2) is 4.98 Å². The Morgan fingerprint density at radius 2 is 2.25 bits per heavy atom. The first-order valence-corrected chi connectivity index (χ1v) is 4.44. The van der Waals surface area contributed by atoms with Crippen molar-refractivity contribution in [3.05, 3.63) is 15.9 Å². The van der Waals surface area contributed by atoms with E-state index in [9.17, 15) is 0 Å². The molecular weight excluding hydrogens is 221 g/mol. The molecule has 7 heteroatoms. The van der Waals surface area contributed by atoms with E-state index in [0.717, 1.165) is 0 Å². The fourth-order valence-electron chi connectivity index (χ4n) is 0.650. The lowest BCUT2D eigenvalue weighted by molar-refractivity contribution is 0.421. The highest BCUT2D eigenvalue weighted by atomic mass is 35.5. The summed E-state index contributed by atoms with van der Waals surface area (Å²) in [4.78, 5) is 7.71. The number of thiazole rings is 1. The average Bonchev–Trinajstić information content (AvgIpc) is 2.58. The van der Waals surface area contributed by atoms with Crippen LogP contribution in [0.1, 0.15) is 0 Å². The summed E-state index contributed by atoms with van der Waals surface area (Å²) in [5, 5.41) is 4.16. The van der Waals surface area contributed by atoms with E-state index in [2.05, 4.69) is 19.6 Å². The maximum absolute atomic E-state index is 5.65. The van der Waals surface area contributed by atoms with Crippen LogP contribution in [-0.4, -0.2) is 15.1 Å². The summed E-state index contributed by atoms with van der Waals surface area (Å²) in [6, 6.07) is 0. The standard InChI is InChI=1S/C5HCl2N3OS/c6-2-1-8-4(12-2)3-9-5(7)11-10-3/h1H. The molecule has 0 aliphatic heterocycles. The topological polar surface area (TPSA) is 51.8 Å². The maximum Gasteiger partial charge on any atom is 0.320 e. The summed E-state index contributed by atoms with van der Waals surface area (Å²) in [5.41, 5.74) is 0. The molecule has 0 N–H and O–H groups in total. The van der Waals surface area contributed by atoms with Gasteiger partial charge in [-0.3, -0.25) is 0 Å². The minimum Gasteiger partial charge on any atom is -0.321 e. The van der Waals surface area contributed by atoms with Crippen molar-refractivity contribution in [2.24, 2.45) is 0 Å². The molecule has 2 aromatic rings. The molecule has 2 rings (SSSR count). The Morgan fingerprint density at radius 3 is 2.75 bits per heavy atom. The minimum atomic E-state index is -0.00341. The summed E-state index contributed by atoms with van der Waals surface area (Å²) >= 11 is 12.3. The smallest absolute Gasteiger partial charge is 0.320 e. The Bertz CT molecular complexity index is 361. The molecule has 0 aromatic carbocycles. The van der Waals surface area contributed by atoms with E-state index in [4.69, 9.17) is 23.2 Å². The molecule has 4 nitrogen and oxygen atoms in total. The van der Waals surface area contributed by atoms with Crippen LogP contribution in [0.25, 0.3) is 10.8 Å². The highest BCUT2D eigenvalue weighted by molar-refractivity contribution is 7.18. The summed E-state index contributed by atoms with van der Waals surface area (Å²) < 4.78 is 5.13. The number of hydrogen-bond donors (Lipinski definition) is 0. The van der Waals surface area contributed by atoms with Gasteiger partial charge in [-0.05, 0) is 11.6 Å². The molecule has 0 amide bonds. The van der Waals surface area contributed by atoms with E-state index in [1.54, 1.807) is 0 Å². The zero-order chi connectivity index (χ0) is 8.55. The monoisotopic (exact) mass is 221 g/mol. The van der Waals surface area contributed by atoms with Crippen LogP contribution < -0.4 is 0 Å². The van der Waals surface area contributed by atoms with Gasteiger partial charge in [0.25, 0.3) is 0 Å². The second-order valence-electron chi connectivity index (χ2n) is 1.84. The lowest BCUT2D eigenvalue weighted by Gasteiger charge is -1.79. The predicted molar refractivity (Wildman–Crippen MR) is 45.4 cm³/mol. The third-order valence-corrected chi connectivity index (χ3v) is 2.33. The van der Waals surface area contributed by atoms with Crippen LogP contribution in [0.3, 0.4) is 0 Å². The molecule has 0 spiro atoms. The third-order valence-electron chi connectivity index (χ3n) is 1.07. The van der Waals surface area contributed by atoms with E-state index in [1.165, 1.54) is 17.5 Å². The van der Waals surface area contributed by atoms with Crippen molar-refractivity contribution in [3.63, 3.8) is 0 Å². The maximum atomic E-state index is 5.65. The van der Waals surface area contributed by atoms with Crippen molar-refractivity contribution in [1.29, 1.82) is 0 Å². The third kappa shape index (κ3) is 1.43. The van der Waals surface area contributed by atoms with Crippen LogP contribution in [0.2, 0.25) is 9.69 Å². The molecule has 0 radical (unpaired) electrons. The van der Waals surface area contributed by atoms with E-state index in [-0.39, 0.29) is 5.35 Å². The van der Waals surface area contributed by atoms with Crippen LogP contribution in [0, 0.1) is 0 Å². The number of nitrogens with zero attached hydrogens (tertiary/aromatic N) is 3. The van der Waals surface area contributed by atoms with Gasteiger partial charge in [-0.1, -0.05) is 28.1 Å². The molecule has 0 saturated heterocycles. The normalized spacial score (nSPS) is 10.5. The molecule has 0 bridgehead atoms. The molecule has 12 heavy (non-hydrogen) atoms. The van der Waals surface area contributed by atoms with Crippen LogP contribution >= 0.6 is 34.5 Å². The first-order valence-electron chi connectivity index (χ1n) is 2.86. The van der Waals surface area contributed by atoms with Crippen molar-refractivity contribution in [2.45, 2.75) is 0 Å². The van der Waals surface area contributed by atoms with E-state index < -0.39 is 0 Å².